The van der Waals surface area contributed by atoms with Gasteiger partial charge in [0.2, 0.25) is 10.0 Å². The van der Waals surface area contributed by atoms with E-state index in [9.17, 15) is 26.4 Å². The van der Waals surface area contributed by atoms with Gasteiger partial charge in [-0.25, -0.2) is 13.1 Å². The molecule has 0 bridgehead atoms. The lowest BCUT2D eigenvalue weighted by molar-refractivity contribution is -0.137. The maximum Gasteiger partial charge on any atom is 0.417 e. The Kier molecular flexibility index (Phi) is 5.09. The van der Waals surface area contributed by atoms with Crippen LogP contribution in [0.3, 0.4) is 0 Å². The first-order chi connectivity index (χ1) is 12.6. The molecule has 0 atom stereocenters. The fourth-order valence-corrected chi connectivity index (χ4v) is 3.77. The number of carbonyl (C=O) groups excluding carboxylic acids is 1. The Morgan fingerprint density at radius 2 is 1.67 bits per heavy atom. The molecule has 1 N–H and O–H groups in total. The summed E-state index contributed by atoms with van der Waals surface area (Å²) in [7, 11) is -3.67. The van der Waals surface area contributed by atoms with Crippen molar-refractivity contribution in [1.29, 1.82) is 0 Å². The van der Waals surface area contributed by atoms with E-state index in [0.29, 0.717) is 12.8 Å². The van der Waals surface area contributed by atoms with E-state index in [1.54, 1.807) is 0 Å². The third-order valence-electron chi connectivity index (χ3n) is 3.79. The number of sulfonamides is 1. The van der Waals surface area contributed by atoms with E-state index in [1.807, 2.05) is 4.72 Å². The smallest absolute Gasteiger partial charge is 0.417 e. The van der Waals surface area contributed by atoms with Crippen LogP contribution in [0, 0.1) is 0 Å². The van der Waals surface area contributed by atoms with Gasteiger partial charge in [0.25, 0.3) is 5.91 Å². The van der Waals surface area contributed by atoms with Crippen molar-refractivity contribution in [2.45, 2.75) is 24.3 Å². The standard InChI is InChI=1S/C17H13ClF3NO4S/c18-15-8-5-12(9-14(15)17(19,20)21)26-11-3-1-10(2-4-11)16(23)22-27(24,25)13-6-7-13/h1-5,8-9,13H,6-7H2,(H,22,23). The molecule has 1 fully saturated rings. The first kappa shape index (κ1) is 19.5. The molecule has 3 rings (SSSR count). The van der Waals surface area contributed by atoms with Crippen LogP contribution >= 0.6 is 11.6 Å². The molecule has 2 aromatic rings. The Balaban J connectivity index is 1.72. The topological polar surface area (TPSA) is 72.5 Å². The van der Waals surface area contributed by atoms with Gasteiger partial charge in [-0.3, -0.25) is 4.79 Å². The Morgan fingerprint density at radius 3 is 2.22 bits per heavy atom. The lowest BCUT2D eigenvalue weighted by Gasteiger charge is -2.12. The largest absolute Gasteiger partial charge is 0.457 e. The second-order valence-corrected chi connectivity index (χ2v) is 8.31. The van der Waals surface area contributed by atoms with E-state index < -0.39 is 37.9 Å². The van der Waals surface area contributed by atoms with Crippen molar-refractivity contribution in [3.05, 3.63) is 58.6 Å². The van der Waals surface area contributed by atoms with E-state index in [1.165, 1.54) is 30.3 Å². The van der Waals surface area contributed by atoms with Gasteiger partial charge in [0, 0.05) is 5.56 Å². The fourth-order valence-electron chi connectivity index (χ4n) is 2.25. The van der Waals surface area contributed by atoms with Crippen molar-refractivity contribution in [2.75, 3.05) is 0 Å². The average molecular weight is 420 g/mol. The van der Waals surface area contributed by atoms with E-state index in [2.05, 4.69) is 0 Å². The van der Waals surface area contributed by atoms with Crippen LogP contribution in [0.1, 0.15) is 28.8 Å². The van der Waals surface area contributed by atoms with Gasteiger partial charge < -0.3 is 4.74 Å². The van der Waals surface area contributed by atoms with Crippen molar-refractivity contribution in [2.24, 2.45) is 0 Å². The van der Waals surface area contributed by atoms with Gasteiger partial charge in [0.15, 0.2) is 0 Å². The minimum absolute atomic E-state index is 0.0821. The maximum absolute atomic E-state index is 12.9. The van der Waals surface area contributed by atoms with E-state index in [4.69, 9.17) is 16.3 Å². The third-order valence-corrected chi connectivity index (χ3v) is 5.94. The quantitative estimate of drug-likeness (QED) is 0.781. The fraction of sp³-hybridized carbons (Fsp3) is 0.235. The Labute approximate surface area is 158 Å². The van der Waals surface area contributed by atoms with Crippen LogP contribution in [0.2, 0.25) is 5.02 Å². The van der Waals surface area contributed by atoms with Crippen LogP contribution < -0.4 is 9.46 Å². The van der Waals surface area contributed by atoms with E-state index in [0.717, 1.165) is 12.1 Å². The summed E-state index contributed by atoms with van der Waals surface area (Å²) < 4.78 is 69.5. The predicted molar refractivity (Wildman–Crippen MR) is 92.4 cm³/mol. The summed E-state index contributed by atoms with van der Waals surface area (Å²) >= 11 is 5.55. The molecular weight excluding hydrogens is 407 g/mol. The molecule has 0 aliphatic heterocycles. The van der Waals surface area contributed by atoms with Gasteiger partial charge in [-0.15, -0.1) is 0 Å². The van der Waals surface area contributed by atoms with Crippen LogP contribution in [0.15, 0.2) is 42.5 Å². The summed E-state index contributed by atoms with van der Waals surface area (Å²) in [5.74, 6) is -0.688. The van der Waals surface area contributed by atoms with Gasteiger partial charge in [-0.05, 0) is 55.3 Å². The molecule has 5 nitrogen and oxygen atoms in total. The predicted octanol–water partition coefficient (Wildman–Crippen LogP) is 4.37. The molecule has 0 radical (unpaired) electrons. The molecule has 0 aromatic heterocycles. The second kappa shape index (κ2) is 7.05. The monoisotopic (exact) mass is 419 g/mol. The molecule has 0 unspecified atom stereocenters. The molecule has 1 aliphatic carbocycles. The number of alkyl halides is 3. The SMILES string of the molecule is O=C(NS(=O)(=O)C1CC1)c1ccc(Oc2ccc(Cl)c(C(F)(F)F)c2)cc1. The van der Waals surface area contributed by atoms with E-state index >= 15 is 0 Å². The number of hydrogen-bond acceptors (Lipinski definition) is 4. The molecule has 1 amide bonds. The first-order valence-corrected chi connectivity index (χ1v) is 9.69. The Bertz CT molecular complexity index is 971. The van der Waals surface area contributed by atoms with Gasteiger partial charge in [0.1, 0.15) is 11.5 Å². The summed E-state index contributed by atoms with van der Waals surface area (Å²) in [5.41, 5.74) is -0.943. The number of halogens is 4. The van der Waals surface area contributed by atoms with Crippen LogP contribution in [0.5, 0.6) is 11.5 Å². The molecule has 27 heavy (non-hydrogen) atoms. The van der Waals surface area contributed by atoms with Gasteiger partial charge in [0.05, 0.1) is 15.8 Å². The lowest BCUT2D eigenvalue weighted by atomic mass is 10.2. The molecule has 0 heterocycles. The normalized spacial score (nSPS) is 14.7. The van der Waals surface area contributed by atoms with Crippen LogP contribution in [-0.4, -0.2) is 19.6 Å². The van der Waals surface area contributed by atoms with Crippen molar-refractivity contribution in [3.8, 4) is 11.5 Å². The highest BCUT2D eigenvalue weighted by atomic mass is 35.5. The van der Waals surface area contributed by atoms with Gasteiger partial charge >= 0.3 is 6.18 Å². The summed E-state index contributed by atoms with van der Waals surface area (Å²) in [4.78, 5) is 12.0. The number of amides is 1. The highest BCUT2D eigenvalue weighted by Crippen LogP contribution is 2.37. The highest BCUT2D eigenvalue weighted by molar-refractivity contribution is 7.91. The van der Waals surface area contributed by atoms with Gasteiger partial charge in [-0.1, -0.05) is 11.6 Å². The highest BCUT2D eigenvalue weighted by Gasteiger charge is 2.37. The van der Waals surface area contributed by atoms with Crippen molar-refractivity contribution >= 4 is 27.5 Å². The molecule has 1 aliphatic rings. The molecule has 0 saturated heterocycles. The molecule has 10 heteroatoms. The molecule has 2 aromatic carbocycles. The van der Waals surface area contributed by atoms with Crippen molar-refractivity contribution < 1.29 is 31.1 Å². The minimum Gasteiger partial charge on any atom is -0.457 e. The van der Waals surface area contributed by atoms with Crippen LogP contribution in [-0.2, 0) is 16.2 Å². The van der Waals surface area contributed by atoms with Crippen molar-refractivity contribution in [3.63, 3.8) is 0 Å². The molecule has 0 spiro atoms. The molecular formula is C17H13ClF3NO4S. The minimum atomic E-state index is -4.62. The van der Waals surface area contributed by atoms with Crippen LogP contribution in [0.4, 0.5) is 13.2 Å². The summed E-state index contributed by atoms with van der Waals surface area (Å²) in [6.07, 6.45) is -3.57. The number of rotatable bonds is 5. The number of nitrogens with one attached hydrogen (secondary N) is 1. The van der Waals surface area contributed by atoms with Crippen LogP contribution in [0.25, 0.3) is 0 Å². The summed E-state index contributed by atoms with van der Waals surface area (Å²) in [5, 5.41) is -0.976. The maximum atomic E-state index is 12.9. The zero-order valence-corrected chi connectivity index (χ0v) is 15.2. The third kappa shape index (κ3) is 4.72. The Hall–Kier alpha value is -2.26. The first-order valence-electron chi connectivity index (χ1n) is 7.77. The zero-order chi connectivity index (χ0) is 19.8. The summed E-state index contributed by atoms with van der Waals surface area (Å²) in [6.45, 7) is 0. The number of ether oxygens (including phenoxy) is 1. The number of benzene rings is 2. The van der Waals surface area contributed by atoms with Crippen molar-refractivity contribution in [1.82, 2.24) is 4.72 Å². The zero-order valence-electron chi connectivity index (χ0n) is 13.6. The Morgan fingerprint density at radius 1 is 1.07 bits per heavy atom. The van der Waals surface area contributed by atoms with Gasteiger partial charge in [-0.2, -0.15) is 13.2 Å². The molecule has 1 saturated carbocycles. The number of hydrogen-bond donors (Lipinski definition) is 1. The second-order valence-electron chi connectivity index (χ2n) is 5.94. The number of carbonyl (C=O) groups is 1. The molecule has 144 valence electrons. The average Bonchev–Trinajstić information content (AvgIpc) is 3.41. The lowest BCUT2D eigenvalue weighted by Crippen LogP contribution is -2.33. The summed E-state index contributed by atoms with van der Waals surface area (Å²) in [6, 6.07) is 8.44. The van der Waals surface area contributed by atoms with E-state index in [-0.39, 0.29) is 17.1 Å².